The number of benzene rings is 1. The second-order valence-electron chi connectivity index (χ2n) is 4.47. The number of piperidine rings is 1. The van der Waals surface area contributed by atoms with Crippen LogP contribution in [0.5, 0.6) is 0 Å². The zero-order valence-corrected chi connectivity index (χ0v) is 9.13. The van der Waals surface area contributed by atoms with Crippen molar-refractivity contribution < 1.29 is 9.53 Å². The highest BCUT2D eigenvalue weighted by Gasteiger charge is 2.43. The van der Waals surface area contributed by atoms with Crippen LogP contribution in [0, 0.1) is 0 Å². The van der Waals surface area contributed by atoms with E-state index < -0.39 is 0 Å². The highest BCUT2D eigenvalue weighted by atomic mass is 16.6. The summed E-state index contributed by atoms with van der Waals surface area (Å²) >= 11 is 0. The Kier molecular flexibility index (Phi) is 2.31. The van der Waals surface area contributed by atoms with Crippen LogP contribution in [-0.2, 0) is 4.74 Å². The summed E-state index contributed by atoms with van der Waals surface area (Å²) in [7, 11) is 0. The molecule has 2 heterocycles. The Morgan fingerprint density at radius 3 is 2.81 bits per heavy atom. The predicted molar refractivity (Wildman–Crippen MR) is 60.0 cm³/mol. The molecule has 84 valence electrons. The molecule has 2 aliphatic rings. The predicted octanol–water partition coefficient (Wildman–Crippen LogP) is 2.73. The first kappa shape index (κ1) is 9.70. The monoisotopic (exact) mass is 217 g/mol. The van der Waals surface area contributed by atoms with E-state index in [0.29, 0.717) is 0 Å². The summed E-state index contributed by atoms with van der Waals surface area (Å²) in [4.78, 5) is 13.6. The van der Waals surface area contributed by atoms with Crippen molar-refractivity contribution in [3.63, 3.8) is 0 Å². The molecule has 1 aromatic rings. The van der Waals surface area contributed by atoms with E-state index in [2.05, 4.69) is 0 Å². The van der Waals surface area contributed by atoms with E-state index in [1.807, 2.05) is 35.2 Å². The van der Waals surface area contributed by atoms with Crippen LogP contribution in [0.3, 0.4) is 0 Å². The van der Waals surface area contributed by atoms with Gasteiger partial charge in [0.15, 0.2) is 0 Å². The van der Waals surface area contributed by atoms with Gasteiger partial charge >= 0.3 is 6.09 Å². The molecule has 1 amide bonds. The molecule has 0 N–H and O–H groups in total. The molecule has 0 aromatic heterocycles. The van der Waals surface area contributed by atoms with Gasteiger partial charge in [0.1, 0.15) is 6.10 Å². The van der Waals surface area contributed by atoms with E-state index in [4.69, 9.17) is 4.74 Å². The molecule has 0 bridgehead atoms. The molecule has 2 aliphatic heterocycles. The van der Waals surface area contributed by atoms with E-state index in [0.717, 1.165) is 24.9 Å². The van der Waals surface area contributed by atoms with Crippen LogP contribution in [0.2, 0.25) is 0 Å². The van der Waals surface area contributed by atoms with Crippen molar-refractivity contribution in [3.05, 3.63) is 35.9 Å². The second kappa shape index (κ2) is 3.81. The first-order valence-electron chi connectivity index (χ1n) is 5.88. The van der Waals surface area contributed by atoms with Crippen LogP contribution in [0.1, 0.15) is 30.9 Å². The lowest BCUT2D eigenvalue weighted by atomic mass is 9.94. The van der Waals surface area contributed by atoms with Crippen LogP contribution in [-0.4, -0.2) is 23.6 Å². The van der Waals surface area contributed by atoms with Crippen LogP contribution in [0.15, 0.2) is 30.3 Å². The number of carbonyl (C=O) groups is 1. The highest BCUT2D eigenvalue weighted by Crippen LogP contribution is 2.37. The molecule has 0 saturated carbocycles. The molecular formula is C13H15NO2. The van der Waals surface area contributed by atoms with Gasteiger partial charge in [-0.3, -0.25) is 0 Å². The Morgan fingerprint density at radius 1 is 1.19 bits per heavy atom. The van der Waals surface area contributed by atoms with Crippen molar-refractivity contribution in [2.24, 2.45) is 0 Å². The Morgan fingerprint density at radius 2 is 2.00 bits per heavy atom. The Balaban J connectivity index is 1.89. The minimum Gasteiger partial charge on any atom is -0.439 e. The van der Waals surface area contributed by atoms with Gasteiger partial charge in [-0.2, -0.15) is 0 Å². The zero-order valence-electron chi connectivity index (χ0n) is 9.13. The minimum absolute atomic E-state index is 0.0611. The summed E-state index contributed by atoms with van der Waals surface area (Å²) in [6.07, 6.45) is 3.16. The molecule has 2 saturated heterocycles. The van der Waals surface area contributed by atoms with Crippen molar-refractivity contribution >= 4 is 6.09 Å². The summed E-state index contributed by atoms with van der Waals surface area (Å²) in [5.41, 5.74) is 1.12. The van der Waals surface area contributed by atoms with Crippen molar-refractivity contribution in [1.29, 1.82) is 0 Å². The zero-order chi connectivity index (χ0) is 11.0. The van der Waals surface area contributed by atoms with Crippen molar-refractivity contribution in [2.45, 2.75) is 31.4 Å². The van der Waals surface area contributed by atoms with Gasteiger partial charge in [0.25, 0.3) is 0 Å². The van der Waals surface area contributed by atoms with Crippen LogP contribution in [0.25, 0.3) is 0 Å². The summed E-state index contributed by atoms with van der Waals surface area (Å²) in [6, 6.07) is 10.3. The number of nitrogens with zero attached hydrogens (tertiary/aromatic N) is 1. The third-order valence-electron chi connectivity index (χ3n) is 3.49. The normalized spacial score (nSPS) is 28.8. The smallest absolute Gasteiger partial charge is 0.410 e. The Labute approximate surface area is 95.0 Å². The summed E-state index contributed by atoms with van der Waals surface area (Å²) in [5.74, 6) is 0. The summed E-state index contributed by atoms with van der Waals surface area (Å²) < 4.78 is 5.48. The third kappa shape index (κ3) is 1.47. The van der Waals surface area contributed by atoms with Crippen molar-refractivity contribution in [2.75, 3.05) is 6.54 Å². The number of cyclic esters (lactones) is 1. The van der Waals surface area contributed by atoms with Crippen molar-refractivity contribution in [3.8, 4) is 0 Å². The maximum Gasteiger partial charge on any atom is 0.410 e. The maximum atomic E-state index is 11.7. The number of rotatable bonds is 1. The first-order chi connectivity index (χ1) is 7.86. The van der Waals surface area contributed by atoms with Gasteiger partial charge in [-0.1, -0.05) is 30.3 Å². The first-order valence-corrected chi connectivity index (χ1v) is 5.88. The lowest BCUT2D eigenvalue weighted by Crippen LogP contribution is -2.38. The molecule has 3 heteroatoms. The molecule has 0 spiro atoms. The van der Waals surface area contributed by atoms with E-state index in [1.165, 1.54) is 6.42 Å². The van der Waals surface area contributed by atoms with Gasteiger partial charge < -0.3 is 9.64 Å². The molecule has 2 fully saturated rings. The third-order valence-corrected chi connectivity index (χ3v) is 3.49. The van der Waals surface area contributed by atoms with E-state index >= 15 is 0 Å². The number of fused-ring (bicyclic) bond motifs is 1. The largest absolute Gasteiger partial charge is 0.439 e. The average molecular weight is 217 g/mol. The van der Waals surface area contributed by atoms with Crippen LogP contribution >= 0.6 is 0 Å². The number of ether oxygens (including phenoxy) is 1. The topological polar surface area (TPSA) is 29.5 Å². The average Bonchev–Trinajstić information content (AvgIpc) is 2.69. The maximum absolute atomic E-state index is 11.7. The summed E-state index contributed by atoms with van der Waals surface area (Å²) in [5, 5.41) is 0. The number of amides is 1. The fraction of sp³-hybridized carbons (Fsp3) is 0.462. The molecule has 0 unspecified atom stereocenters. The standard InChI is InChI=1S/C13H15NO2/c15-13-14-9-5-4-8-11(14)12(16-13)10-6-2-1-3-7-10/h1-3,6-7,11-12H,4-5,8-9H2/t11-,12-/m0/s1. The van der Waals surface area contributed by atoms with E-state index in [1.54, 1.807) is 0 Å². The molecule has 3 rings (SSSR count). The van der Waals surface area contributed by atoms with Gasteiger partial charge in [0.2, 0.25) is 0 Å². The van der Waals surface area contributed by atoms with Crippen molar-refractivity contribution in [1.82, 2.24) is 4.90 Å². The Bertz CT molecular complexity index is 390. The van der Waals surface area contributed by atoms with Gasteiger partial charge in [0, 0.05) is 6.54 Å². The number of hydrogen-bond acceptors (Lipinski definition) is 2. The van der Waals surface area contributed by atoms with Crippen LogP contribution < -0.4 is 0 Å². The Hall–Kier alpha value is -1.51. The molecule has 3 nitrogen and oxygen atoms in total. The van der Waals surface area contributed by atoms with Gasteiger partial charge in [0.05, 0.1) is 6.04 Å². The molecule has 0 aliphatic carbocycles. The lowest BCUT2D eigenvalue weighted by molar-refractivity contribution is 0.130. The van der Waals surface area contributed by atoms with E-state index in [9.17, 15) is 4.79 Å². The molecular weight excluding hydrogens is 202 g/mol. The fourth-order valence-electron chi connectivity index (χ4n) is 2.69. The SMILES string of the molecule is O=C1O[C@@H](c2ccccc2)[C@@H]2CCCCN12. The highest BCUT2D eigenvalue weighted by molar-refractivity contribution is 5.71. The van der Waals surface area contributed by atoms with Crippen LogP contribution in [0.4, 0.5) is 4.79 Å². The van der Waals surface area contributed by atoms with Gasteiger partial charge in [-0.25, -0.2) is 4.79 Å². The molecule has 2 atom stereocenters. The molecule has 1 aromatic carbocycles. The number of carbonyl (C=O) groups excluding carboxylic acids is 1. The molecule has 16 heavy (non-hydrogen) atoms. The van der Waals surface area contributed by atoms with Gasteiger partial charge in [-0.15, -0.1) is 0 Å². The molecule has 0 radical (unpaired) electrons. The quantitative estimate of drug-likeness (QED) is 0.723. The number of hydrogen-bond donors (Lipinski definition) is 0. The van der Waals surface area contributed by atoms with E-state index in [-0.39, 0.29) is 18.2 Å². The van der Waals surface area contributed by atoms with Gasteiger partial charge in [-0.05, 0) is 24.8 Å². The fourth-order valence-corrected chi connectivity index (χ4v) is 2.69. The minimum atomic E-state index is -0.140. The second-order valence-corrected chi connectivity index (χ2v) is 4.47. The lowest BCUT2D eigenvalue weighted by Gasteiger charge is -2.28. The summed E-state index contributed by atoms with van der Waals surface area (Å²) in [6.45, 7) is 0.854.